The van der Waals surface area contributed by atoms with Crippen LogP contribution in [0.2, 0.25) is 0 Å². The number of fused-ring (bicyclic) bond motifs is 3. The highest BCUT2D eigenvalue weighted by Gasteiger charge is 2.48. The van der Waals surface area contributed by atoms with E-state index in [1.54, 1.807) is 0 Å². The van der Waals surface area contributed by atoms with Gasteiger partial charge >= 0.3 is 13.6 Å². The van der Waals surface area contributed by atoms with Gasteiger partial charge in [0.2, 0.25) is 11.8 Å². The molecule has 1 aliphatic carbocycles. The summed E-state index contributed by atoms with van der Waals surface area (Å²) in [4.78, 5) is 48.7. The van der Waals surface area contributed by atoms with E-state index in [9.17, 15) is 44.3 Å². The zero-order valence-corrected chi connectivity index (χ0v) is 24.8. The minimum absolute atomic E-state index is 0.0501. The van der Waals surface area contributed by atoms with E-state index in [4.69, 9.17) is 4.52 Å². The van der Waals surface area contributed by atoms with Crippen molar-refractivity contribution in [3.8, 4) is 11.1 Å². The summed E-state index contributed by atoms with van der Waals surface area (Å²) >= 11 is 0. The number of carboxylic acids is 1. The molecule has 4 rings (SSSR count). The van der Waals surface area contributed by atoms with Gasteiger partial charge in [0.1, 0.15) is 0 Å². The number of likely N-dealkylation sites (tertiary alicyclic amines) is 1. The Labute approximate surface area is 249 Å². The van der Waals surface area contributed by atoms with E-state index in [0.29, 0.717) is 0 Å². The highest BCUT2D eigenvalue weighted by molar-refractivity contribution is 7.52. The van der Waals surface area contributed by atoms with Crippen molar-refractivity contribution in [3.05, 3.63) is 59.7 Å². The molecule has 1 aliphatic heterocycles. The molecule has 2 amide bonds. The number of aliphatic carboxylic acids is 1. The molecule has 1 heterocycles. The van der Waals surface area contributed by atoms with Gasteiger partial charge in [-0.25, -0.2) is 4.79 Å². The molecule has 13 nitrogen and oxygen atoms in total. The van der Waals surface area contributed by atoms with E-state index < -0.39 is 68.7 Å². The van der Waals surface area contributed by atoms with Crippen LogP contribution in [0, 0.1) is 0 Å². The fourth-order valence-electron chi connectivity index (χ4n) is 5.84. The number of nitrogens with zero attached hydrogens (tertiary/aromatic N) is 1. The van der Waals surface area contributed by atoms with E-state index in [1.165, 1.54) is 18.7 Å². The molecule has 1 saturated heterocycles. The third-order valence-electron chi connectivity index (χ3n) is 8.17. The number of aliphatic hydroxyl groups is 3. The Morgan fingerprint density at radius 3 is 2.09 bits per heavy atom. The number of hydrogen-bond donors (Lipinski definition) is 7. The van der Waals surface area contributed by atoms with Crippen LogP contribution in [0.25, 0.3) is 11.1 Å². The van der Waals surface area contributed by atoms with Crippen molar-refractivity contribution in [1.29, 1.82) is 0 Å². The summed E-state index contributed by atoms with van der Waals surface area (Å²) in [6, 6.07) is 13.5. The predicted molar refractivity (Wildman–Crippen MR) is 155 cm³/mol. The Bertz CT molecular complexity index is 1360. The fourth-order valence-corrected chi connectivity index (χ4v) is 6.91. The van der Waals surface area contributed by atoms with Gasteiger partial charge < -0.3 is 40.5 Å². The second-order valence-electron chi connectivity index (χ2n) is 11.2. The Morgan fingerprint density at radius 2 is 1.56 bits per heavy atom. The van der Waals surface area contributed by atoms with Gasteiger partial charge in [-0.3, -0.25) is 19.1 Å². The van der Waals surface area contributed by atoms with Crippen molar-refractivity contribution >= 4 is 25.4 Å². The first-order valence-corrected chi connectivity index (χ1v) is 15.7. The molecule has 0 radical (unpaired) electrons. The fraction of sp³-hybridized carbons (Fsp3) is 0.483. The number of carboxylic acid groups (broad SMARTS) is 1. The first kappa shape index (κ1) is 32.7. The average Bonchev–Trinajstić information content (AvgIpc) is 3.40. The molecule has 2 unspecified atom stereocenters. The SMILES string of the molecule is CC(=O)NC[C@@H]1[C@@H](O)[C@H](O)[C@@H](CO)N1CCP(=O)(O)OCC(C)(NC(=O)CC1c2ccccc2-c2ccccc21)C(=O)O. The largest absolute Gasteiger partial charge is 0.479 e. The van der Waals surface area contributed by atoms with Crippen molar-refractivity contribution in [2.45, 2.75) is 56.0 Å². The number of carbonyl (C=O) groups excluding carboxylic acids is 2. The zero-order chi connectivity index (χ0) is 31.5. The number of rotatable bonds is 13. The smallest absolute Gasteiger partial charge is 0.331 e. The molecule has 234 valence electrons. The molecule has 7 N–H and O–H groups in total. The van der Waals surface area contributed by atoms with Gasteiger partial charge in [-0.2, -0.15) is 0 Å². The maximum atomic E-state index is 13.2. The monoisotopic (exact) mass is 619 g/mol. The number of aliphatic hydroxyl groups excluding tert-OH is 3. The van der Waals surface area contributed by atoms with Crippen molar-refractivity contribution in [2.75, 3.05) is 32.5 Å². The highest BCUT2D eigenvalue weighted by Crippen LogP contribution is 2.46. The maximum Gasteiger partial charge on any atom is 0.331 e. The van der Waals surface area contributed by atoms with Crippen LogP contribution in [0.3, 0.4) is 0 Å². The molecule has 43 heavy (non-hydrogen) atoms. The molecular formula is C29H38N3O10P. The minimum Gasteiger partial charge on any atom is -0.479 e. The molecule has 0 saturated carbocycles. The Morgan fingerprint density at radius 1 is 1.00 bits per heavy atom. The standard InChI is InChI=1S/C29H38N3O10P/c1-17(34)30-14-23-26(36)27(37)24(15-33)32(23)11-12-43(40,41)42-16-29(2,28(38)39)31-25(35)13-22-20-9-5-3-7-18(20)19-8-4-6-10-21(19)22/h3-10,22-24,26-27,33,36-37H,11-16H2,1-2H3,(H,30,34)(H,31,35)(H,38,39)(H,40,41)/t23-,24-,26-,27-,29?/m1/s1. The van der Waals surface area contributed by atoms with Gasteiger partial charge in [-0.1, -0.05) is 48.5 Å². The molecule has 0 bridgehead atoms. The minimum atomic E-state index is -4.47. The van der Waals surface area contributed by atoms with E-state index in [0.717, 1.165) is 22.3 Å². The molecule has 14 heteroatoms. The summed E-state index contributed by atoms with van der Waals surface area (Å²) < 4.78 is 18.1. The van der Waals surface area contributed by atoms with E-state index in [-0.39, 0.29) is 31.3 Å². The van der Waals surface area contributed by atoms with Crippen LogP contribution in [0.1, 0.15) is 37.3 Å². The topological polar surface area (TPSA) is 206 Å². The van der Waals surface area contributed by atoms with E-state index in [1.807, 2.05) is 48.5 Å². The van der Waals surface area contributed by atoms with Crippen LogP contribution >= 0.6 is 7.60 Å². The molecule has 0 spiro atoms. The normalized spacial score (nSPS) is 24.4. The third kappa shape index (κ3) is 7.15. The lowest BCUT2D eigenvalue weighted by molar-refractivity contribution is -0.148. The molecule has 6 atom stereocenters. The number of nitrogens with one attached hydrogen (secondary N) is 2. The van der Waals surface area contributed by atoms with Gasteiger partial charge in [0.05, 0.1) is 43.7 Å². The maximum absolute atomic E-state index is 13.2. The third-order valence-corrected chi connectivity index (χ3v) is 9.47. The molecule has 2 aromatic carbocycles. The van der Waals surface area contributed by atoms with Gasteiger partial charge in [0, 0.05) is 32.4 Å². The summed E-state index contributed by atoms with van der Waals surface area (Å²) in [5.74, 6) is -2.73. The van der Waals surface area contributed by atoms with Crippen LogP contribution in [0.5, 0.6) is 0 Å². The van der Waals surface area contributed by atoms with Crippen LogP contribution in [0.4, 0.5) is 0 Å². The van der Waals surface area contributed by atoms with Crippen LogP contribution in [0.15, 0.2) is 48.5 Å². The lowest BCUT2D eigenvalue weighted by atomic mass is 9.92. The molecule has 2 aliphatic rings. The first-order valence-electron chi connectivity index (χ1n) is 13.9. The second kappa shape index (κ2) is 13.2. The summed E-state index contributed by atoms with van der Waals surface area (Å²) in [5.41, 5.74) is 1.86. The number of benzene rings is 2. The van der Waals surface area contributed by atoms with Crippen molar-refractivity contribution in [2.24, 2.45) is 0 Å². The zero-order valence-electron chi connectivity index (χ0n) is 23.9. The van der Waals surface area contributed by atoms with Gasteiger partial charge in [-0.15, -0.1) is 0 Å². The molecular weight excluding hydrogens is 581 g/mol. The highest BCUT2D eigenvalue weighted by atomic mass is 31.2. The van der Waals surface area contributed by atoms with Gasteiger partial charge in [0.15, 0.2) is 5.54 Å². The number of hydrogen-bond acceptors (Lipinski definition) is 9. The van der Waals surface area contributed by atoms with Crippen LogP contribution < -0.4 is 10.6 Å². The molecule has 0 aromatic heterocycles. The summed E-state index contributed by atoms with van der Waals surface area (Å²) in [5, 5.41) is 45.4. The Hall–Kier alpha value is -3.16. The first-order chi connectivity index (χ1) is 20.3. The van der Waals surface area contributed by atoms with Gasteiger partial charge in [0.25, 0.3) is 0 Å². The lowest BCUT2D eigenvalue weighted by Gasteiger charge is -2.31. The van der Waals surface area contributed by atoms with Crippen LogP contribution in [-0.2, 0) is 23.5 Å². The van der Waals surface area contributed by atoms with Crippen molar-refractivity contribution in [1.82, 2.24) is 15.5 Å². The second-order valence-corrected chi connectivity index (χ2v) is 13.2. The molecule has 2 aromatic rings. The predicted octanol–water partition coefficient (Wildman–Crippen LogP) is 0.254. The summed E-state index contributed by atoms with van der Waals surface area (Å²) in [6.07, 6.45) is -3.30. The van der Waals surface area contributed by atoms with E-state index >= 15 is 0 Å². The van der Waals surface area contributed by atoms with Crippen molar-refractivity contribution < 1.29 is 48.8 Å². The van der Waals surface area contributed by atoms with Gasteiger partial charge in [-0.05, 0) is 29.2 Å². The lowest BCUT2D eigenvalue weighted by Crippen LogP contribution is -2.55. The summed E-state index contributed by atoms with van der Waals surface area (Å²) in [6.45, 7) is 0.759. The van der Waals surface area contributed by atoms with E-state index in [2.05, 4.69) is 10.6 Å². The quantitative estimate of drug-likeness (QED) is 0.151. The molecule has 1 fully saturated rings. The van der Waals surface area contributed by atoms with Crippen molar-refractivity contribution in [3.63, 3.8) is 0 Å². The average molecular weight is 620 g/mol. The number of amides is 2. The number of carbonyl (C=O) groups is 3. The Kier molecular flexibility index (Phi) is 10.1. The summed E-state index contributed by atoms with van der Waals surface area (Å²) in [7, 11) is -4.47. The van der Waals surface area contributed by atoms with Crippen LogP contribution in [-0.4, -0.2) is 110 Å². The Balaban J connectivity index is 1.40.